The molecule has 1 saturated carbocycles. The van der Waals surface area contributed by atoms with Gasteiger partial charge < -0.3 is 19.7 Å². The molecule has 0 bridgehead atoms. The third-order valence-electron chi connectivity index (χ3n) is 7.83. The van der Waals surface area contributed by atoms with Crippen LogP contribution in [0.15, 0.2) is 18.2 Å². The van der Waals surface area contributed by atoms with Crippen molar-refractivity contribution in [2.75, 3.05) is 32.8 Å². The average Bonchev–Trinajstić information content (AvgIpc) is 3.09. The molecule has 188 valence electrons. The molecule has 5 rings (SSSR count). The lowest BCUT2D eigenvalue weighted by Gasteiger charge is -2.33. The van der Waals surface area contributed by atoms with Gasteiger partial charge in [0.15, 0.2) is 23.8 Å². The first-order chi connectivity index (χ1) is 16.8. The molecule has 1 aromatic carbocycles. The van der Waals surface area contributed by atoms with Crippen LogP contribution in [0.4, 0.5) is 4.79 Å². The SMILES string of the molecule is CC1CCC2(CC1)NC(=O)N(NC(=O)C[NH+]1CCC(C(=O)c3ccc4c(c3)OCCO4)CC1)C2=O. The van der Waals surface area contributed by atoms with E-state index in [1.54, 1.807) is 18.2 Å². The van der Waals surface area contributed by atoms with Gasteiger partial charge in [-0.15, -0.1) is 0 Å². The number of hydrogen-bond acceptors (Lipinski definition) is 6. The topological polar surface area (TPSA) is 118 Å². The molecular formula is C25H33N4O6+. The number of rotatable bonds is 5. The van der Waals surface area contributed by atoms with Crippen LogP contribution < -0.4 is 25.1 Å². The van der Waals surface area contributed by atoms with Crippen molar-refractivity contribution in [2.45, 2.75) is 51.0 Å². The number of amides is 4. The first-order valence-corrected chi connectivity index (χ1v) is 12.6. The third-order valence-corrected chi connectivity index (χ3v) is 7.83. The number of hydrogen-bond donors (Lipinski definition) is 3. The second kappa shape index (κ2) is 9.49. The Balaban J connectivity index is 1.11. The second-order valence-electron chi connectivity index (χ2n) is 10.3. The summed E-state index contributed by atoms with van der Waals surface area (Å²) in [7, 11) is 0. The molecule has 3 N–H and O–H groups in total. The molecule has 3 heterocycles. The fourth-order valence-corrected chi connectivity index (χ4v) is 5.60. The molecule has 1 spiro atoms. The molecule has 10 nitrogen and oxygen atoms in total. The van der Waals surface area contributed by atoms with E-state index in [1.807, 2.05) is 0 Å². The van der Waals surface area contributed by atoms with Crippen LogP contribution in [0.2, 0.25) is 0 Å². The average molecular weight is 486 g/mol. The minimum absolute atomic E-state index is 0.0805. The summed E-state index contributed by atoms with van der Waals surface area (Å²) < 4.78 is 11.1. The highest BCUT2D eigenvalue weighted by Gasteiger charge is 2.53. The van der Waals surface area contributed by atoms with E-state index in [0.29, 0.717) is 75.0 Å². The first kappa shape index (κ1) is 23.6. The van der Waals surface area contributed by atoms with Crippen LogP contribution in [0.3, 0.4) is 0 Å². The number of carbonyl (C=O) groups is 4. The molecule has 0 atom stereocenters. The van der Waals surface area contributed by atoms with Gasteiger partial charge in [0.25, 0.3) is 11.8 Å². The quantitative estimate of drug-likeness (QED) is 0.412. The smallest absolute Gasteiger partial charge is 0.344 e. The number of imide groups is 1. The number of ketones is 1. The number of fused-ring (bicyclic) bond motifs is 1. The van der Waals surface area contributed by atoms with E-state index >= 15 is 0 Å². The predicted octanol–water partition coefficient (Wildman–Crippen LogP) is 0.467. The van der Waals surface area contributed by atoms with Gasteiger partial charge in [0.05, 0.1) is 13.1 Å². The van der Waals surface area contributed by atoms with Gasteiger partial charge in [-0.05, 0) is 49.8 Å². The van der Waals surface area contributed by atoms with Crippen LogP contribution in [0, 0.1) is 11.8 Å². The molecular weight excluding hydrogens is 452 g/mol. The van der Waals surface area contributed by atoms with Crippen molar-refractivity contribution >= 4 is 23.6 Å². The Bertz CT molecular complexity index is 1030. The van der Waals surface area contributed by atoms with Crippen LogP contribution in [0.1, 0.15) is 55.8 Å². The minimum atomic E-state index is -0.879. The number of ether oxygens (including phenoxy) is 2. The Labute approximate surface area is 204 Å². The molecule has 1 aromatic rings. The van der Waals surface area contributed by atoms with Crippen LogP contribution in [-0.2, 0) is 9.59 Å². The number of Topliss-reactive ketones (excluding diaryl/α,β-unsaturated/α-hetero) is 1. The van der Waals surface area contributed by atoms with Gasteiger partial charge >= 0.3 is 6.03 Å². The Hall–Kier alpha value is -3.14. The van der Waals surface area contributed by atoms with E-state index in [-0.39, 0.29) is 30.1 Å². The van der Waals surface area contributed by atoms with E-state index in [9.17, 15) is 19.2 Å². The van der Waals surface area contributed by atoms with Gasteiger partial charge in [-0.1, -0.05) is 6.92 Å². The molecule has 1 aliphatic carbocycles. The number of piperidine rings is 1. The van der Waals surface area contributed by atoms with Crippen molar-refractivity contribution < 1.29 is 33.6 Å². The van der Waals surface area contributed by atoms with Gasteiger partial charge in [0.1, 0.15) is 18.8 Å². The number of urea groups is 1. The number of benzene rings is 1. The number of hydrazine groups is 1. The largest absolute Gasteiger partial charge is 0.486 e. The zero-order valence-electron chi connectivity index (χ0n) is 20.1. The Morgan fingerprint density at radius 1 is 1.09 bits per heavy atom. The number of nitrogens with one attached hydrogen (secondary N) is 3. The molecule has 3 fully saturated rings. The van der Waals surface area contributed by atoms with Crippen molar-refractivity contribution in [1.82, 2.24) is 15.8 Å². The van der Waals surface area contributed by atoms with E-state index in [0.717, 1.165) is 22.8 Å². The lowest BCUT2D eigenvalue weighted by molar-refractivity contribution is -0.897. The third kappa shape index (κ3) is 4.71. The van der Waals surface area contributed by atoms with Crippen LogP contribution in [0.5, 0.6) is 11.5 Å². The van der Waals surface area contributed by atoms with Gasteiger partial charge in [-0.25, -0.2) is 4.79 Å². The fourth-order valence-electron chi connectivity index (χ4n) is 5.60. The highest BCUT2D eigenvalue weighted by Crippen LogP contribution is 2.36. The number of nitrogens with zero attached hydrogens (tertiary/aromatic N) is 1. The predicted molar refractivity (Wildman–Crippen MR) is 124 cm³/mol. The highest BCUT2D eigenvalue weighted by atomic mass is 16.6. The van der Waals surface area contributed by atoms with Gasteiger partial charge in [-0.2, -0.15) is 5.01 Å². The molecule has 2 saturated heterocycles. The van der Waals surface area contributed by atoms with E-state index in [1.165, 1.54) is 0 Å². The highest BCUT2D eigenvalue weighted by molar-refractivity contribution is 6.08. The van der Waals surface area contributed by atoms with Crippen LogP contribution >= 0.6 is 0 Å². The van der Waals surface area contributed by atoms with Crippen LogP contribution in [-0.4, -0.2) is 67.0 Å². The molecule has 0 radical (unpaired) electrons. The summed E-state index contributed by atoms with van der Waals surface area (Å²) in [4.78, 5) is 52.1. The van der Waals surface area contributed by atoms with E-state index in [4.69, 9.17) is 9.47 Å². The second-order valence-corrected chi connectivity index (χ2v) is 10.3. The van der Waals surface area contributed by atoms with Gasteiger partial charge in [0.2, 0.25) is 0 Å². The first-order valence-electron chi connectivity index (χ1n) is 12.6. The van der Waals surface area contributed by atoms with E-state index < -0.39 is 11.6 Å². The number of carbonyl (C=O) groups excluding carboxylic acids is 4. The van der Waals surface area contributed by atoms with E-state index in [2.05, 4.69) is 17.7 Å². The van der Waals surface area contributed by atoms with Crippen molar-refractivity contribution in [3.63, 3.8) is 0 Å². The van der Waals surface area contributed by atoms with Crippen LogP contribution in [0.25, 0.3) is 0 Å². The molecule has 4 amide bonds. The zero-order valence-corrected chi connectivity index (χ0v) is 20.1. The molecule has 10 heteroatoms. The molecule has 35 heavy (non-hydrogen) atoms. The van der Waals surface area contributed by atoms with Crippen molar-refractivity contribution in [3.05, 3.63) is 23.8 Å². The summed E-state index contributed by atoms with van der Waals surface area (Å²) in [5, 5.41) is 3.67. The number of likely N-dealkylation sites (tertiary alicyclic amines) is 1. The fraction of sp³-hybridized carbons (Fsp3) is 0.600. The molecule has 3 aliphatic heterocycles. The lowest BCUT2D eigenvalue weighted by Crippen LogP contribution is -3.14. The Morgan fingerprint density at radius 2 is 1.77 bits per heavy atom. The lowest BCUT2D eigenvalue weighted by atomic mass is 9.77. The summed E-state index contributed by atoms with van der Waals surface area (Å²) in [5.74, 6) is 1.03. The molecule has 4 aliphatic rings. The summed E-state index contributed by atoms with van der Waals surface area (Å²) >= 11 is 0. The maximum Gasteiger partial charge on any atom is 0.344 e. The maximum atomic E-state index is 13.0. The van der Waals surface area contributed by atoms with Crippen molar-refractivity contribution in [1.29, 1.82) is 0 Å². The monoisotopic (exact) mass is 485 g/mol. The molecule has 0 unspecified atom stereocenters. The van der Waals surface area contributed by atoms with Crippen molar-refractivity contribution in [3.8, 4) is 11.5 Å². The summed E-state index contributed by atoms with van der Waals surface area (Å²) in [6.45, 7) is 4.59. The maximum absolute atomic E-state index is 13.0. The summed E-state index contributed by atoms with van der Waals surface area (Å²) in [5.41, 5.74) is 2.25. The Kier molecular flexibility index (Phi) is 6.39. The van der Waals surface area contributed by atoms with Gasteiger partial charge in [0, 0.05) is 24.3 Å². The van der Waals surface area contributed by atoms with Crippen molar-refractivity contribution in [2.24, 2.45) is 11.8 Å². The summed E-state index contributed by atoms with van der Waals surface area (Å²) in [6, 6.07) is 4.75. The normalized spacial score (nSPS) is 30.2. The number of quaternary nitrogens is 1. The minimum Gasteiger partial charge on any atom is -0.486 e. The molecule has 0 aromatic heterocycles. The standard InChI is InChI=1S/C25H32N4O6/c1-16-4-8-25(9-5-16)23(32)29(24(33)26-25)27-21(30)15-28-10-6-17(7-11-28)22(31)18-2-3-19-20(14-18)35-13-12-34-19/h2-3,14,16-17H,4-13,15H2,1H3,(H,26,33)(H,27,30)/p+1. The summed E-state index contributed by atoms with van der Waals surface area (Å²) in [6.07, 6.45) is 4.28. The Morgan fingerprint density at radius 3 is 2.49 bits per heavy atom. The zero-order chi connectivity index (χ0) is 24.6. The van der Waals surface area contributed by atoms with Gasteiger partial charge in [-0.3, -0.25) is 19.8 Å².